The highest BCUT2D eigenvalue weighted by Crippen LogP contribution is 2.23. The van der Waals surface area contributed by atoms with Gasteiger partial charge in [-0.15, -0.1) is 0 Å². The number of hydrogen-bond acceptors (Lipinski definition) is 2. The highest BCUT2D eigenvalue weighted by molar-refractivity contribution is 5.85. The molecule has 4 rings (SSSR count). The summed E-state index contributed by atoms with van der Waals surface area (Å²) in [6, 6.07) is 22.2. The van der Waals surface area contributed by atoms with Crippen LogP contribution in [-0.4, -0.2) is 31.1 Å². The maximum Gasteiger partial charge on any atom is 0.0237 e. The summed E-state index contributed by atoms with van der Waals surface area (Å²) in [6.45, 7) is 7.86. The highest BCUT2D eigenvalue weighted by Gasteiger charge is 2.13. The van der Waals surface area contributed by atoms with Crippen LogP contribution in [0.2, 0.25) is 0 Å². The van der Waals surface area contributed by atoms with Crippen molar-refractivity contribution in [3.8, 4) is 0 Å². The number of nitrogens with zero attached hydrogens (tertiary/aromatic N) is 1. The lowest BCUT2D eigenvalue weighted by Crippen LogP contribution is -2.43. The number of benzene rings is 3. The predicted octanol–water partition coefficient (Wildman–Crippen LogP) is 4.34. The van der Waals surface area contributed by atoms with Crippen LogP contribution >= 0.6 is 0 Å². The summed E-state index contributed by atoms with van der Waals surface area (Å²) in [7, 11) is 0. The van der Waals surface area contributed by atoms with E-state index < -0.39 is 0 Å². The average Bonchev–Trinajstić information content (AvgIpc) is 2.68. The Labute approximate surface area is 156 Å². The standard InChI is InChI=1S/C24H28N2/c1-19-6-4-10-22(18-26-16-14-25-15-17-26)23(19)13-12-21-9-5-8-20-7-2-3-11-24(20)21/h2-11,25H,12-18H2,1H3. The molecule has 134 valence electrons. The molecule has 1 N–H and O–H groups in total. The van der Waals surface area contributed by atoms with Crippen molar-refractivity contribution < 1.29 is 0 Å². The van der Waals surface area contributed by atoms with Crippen LogP contribution in [0.5, 0.6) is 0 Å². The summed E-state index contributed by atoms with van der Waals surface area (Å²) in [4.78, 5) is 2.58. The molecule has 1 heterocycles. The first-order valence-electron chi connectivity index (χ1n) is 9.78. The summed E-state index contributed by atoms with van der Waals surface area (Å²) in [5.41, 5.74) is 5.93. The van der Waals surface area contributed by atoms with Crippen LogP contribution < -0.4 is 5.32 Å². The van der Waals surface area contributed by atoms with E-state index in [-0.39, 0.29) is 0 Å². The maximum absolute atomic E-state index is 3.45. The Kier molecular flexibility index (Phi) is 5.33. The first kappa shape index (κ1) is 17.3. The Hall–Kier alpha value is -2.16. The molecular weight excluding hydrogens is 316 g/mol. The minimum atomic E-state index is 1.08. The van der Waals surface area contributed by atoms with E-state index in [0.717, 1.165) is 45.6 Å². The van der Waals surface area contributed by atoms with Gasteiger partial charge in [0.1, 0.15) is 0 Å². The average molecular weight is 345 g/mol. The molecule has 0 unspecified atom stereocenters. The van der Waals surface area contributed by atoms with E-state index in [1.165, 1.54) is 27.5 Å². The van der Waals surface area contributed by atoms with Crippen LogP contribution in [0.15, 0.2) is 60.7 Å². The van der Waals surface area contributed by atoms with Crippen LogP contribution in [-0.2, 0) is 19.4 Å². The van der Waals surface area contributed by atoms with Crippen molar-refractivity contribution in [1.29, 1.82) is 0 Å². The molecule has 0 radical (unpaired) electrons. The number of piperazine rings is 1. The third-order valence-electron chi connectivity index (χ3n) is 5.64. The fourth-order valence-corrected chi connectivity index (χ4v) is 4.15. The van der Waals surface area contributed by atoms with Crippen LogP contribution in [0.3, 0.4) is 0 Å². The third-order valence-corrected chi connectivity index (χ3v) is 5.64. The van der Waals surface area contributed by atoms with Gasteiger partial charge < -0.3 is 5.32 Å². The quantitative estimate of drug-likeness (QED) is 0.741. The van der Waals surface area contributed by atoms with E-state index in [0.29, 0.717) is 0 Å². The van der Waals surface area contributed by atoms with Crippen molar-refractivity contribution in [2.75, 3.05) is 26.2 Å². The maximum atomic E-state index is 3.45. The molecule has 0 atom stereocenters. The number of fused-ring (bicyclic) bond motifs is 1. The zero-order chi connectivity index (χ0) is 17.8. The van der Waals surface area contributed by atoms with Gasteiger partial charge in [0.15, 0.2) is 0 Å². The molecule has 0 aromatic heterocycles. The lowest BCUT2D eigenvalue weighted by atomic mass is 9.93. The second-order valence-corrected chi connectivity index (χ2v) is 7.38. The topological polar surface area (TPSA) is 15.3 Å². The van der Waals surface area contributed by atoms with Crippen LogP contribution in [0, 0.1) is 6.92 Å². The molecule has 1 saturated heterocycles. The summed E-state index contributed by atoms with van der Waals surface area (Å²) in [5.74, 6) is 0. The molecule has 3 aromatic rings. The van der Waals surface area contributed by atoms with Gasteiger partial charge in [-0.05, 0) is 52.8 Å². The minimum Gasteiger partial charge on any atom is -0.314 e. The normalized spacial score (nSPS) is 15.4. The summed E-state index contributed by atoms with van der Waals surface area (Å²) in [6.07, 6.45) is 2.21. The van der Waals surface area contributed by atoms with Gasteiger partial charge in [0.05, 0.1) is 0 Å². The van der Waals surface area contributed by atoms with E-state index in [1.807, 2.05) is 0 Å². The molecule has 1 fully saturated rings. The minimum absolute atomic E-state index is 1.08. The Bertz CT molecular complexity index is 873. The summed E-state index contributed by atoms with van der Waals surface area (Å²) in [5, 5.41) is 6.19. The Morgan fingerprint density at radius 3 is 2.42 bits per heavy atom. The van der Waals surface area contributed by atoms with Gasteiger partial charge in [0.2, 0.25) is 0 Å². The Morgan fingerprint density at radius 1 is 0.808 bits per heavy atom. The summed E-state index contributed by atoms with van der Waals surface area (Å²) >= 11 is 0. The third kappa shape index (κ3) is 3.82. The zero-order valence-corrected chi connectivity index (χ0v) is 15.7. The Morgan fingerprint density at radius 2 is 1.54 bits per heavy atom. The molecule has 0 spiro atoms. The molecule has 2 nitrogen and oxygen atoms in total. The van der Waals surface area contributed by atoms with Crippen LogP contribution in [0.1, 0.15) is 22.3 Å². The smallest absolute Gasteiger partial charge is 0.0237 e. The molecule has 0 aliphatic carbocycles. The molecule has 0 saturated carbocycles. The molecular formula is C24H28N2. The molecule has 2 heteroatoms. The first-order valence-corrected chi connectivity index (χ1v) is 9.78. The number of aryl methyl sites for hydroxylation is 2. The van der Waals surface area contributed by atoms with Crippen molar-refractivity contribution in [1.82, 2.24) is 10.2 Å². The Balaban J connectivity index is 1.55. The van der Waals surface area contributed by atoms with Crippen LogP contribution in [0.4, 0.5) is 0 Å². The summed E-state index contributed by atoms with van der Waals surface area (Å²) < 4.78 is 0. The number of rotatable bonds is 5. The van der Waals surface area contributed by atoms with Crippen LogP contribution in [0.25, 0.3) is 10.8 Å². The number of hydrogen-bond donors (Lipinski definition) is 1. The van der Waals surface area contributed by atoms with Gasteiger partial charge in [-0.1, -0.05) is 60.7 Å². The van der Waals surface area contributed by atoms with Gasteiger partial charge in [-0.25, -0.2) is 0 Å². The largest absolute Gasteiger partial charge is 0.314 e. The fourth-order valence-electron chi connectivity index (χ4n) is 4.15. The molecule has 3 aromatic carbocycles. The molecule has 1 aliphatic heterocycles. The predicted molar refractivity (Wildman–Crippen MR) is 111 cm³/mol. The monoisotopic (exact) mass is 344 g/mol. The van der Waals surface area contributed by atoms with E-state index in [4.69, 9.17) is 0 Å². The zero-order valence-electron chi connectivity index (χ0n) is 15.7. The van der Waals surface area contributed by atoms with Crippen molar-refractivity contribution >= 4 is 10.8 Å². The van der Waals surface area contributed by atoms with Gasteiger partial charge >= 0.3 is 0 Å². The van der Waals surface area contributed by atoms with Gasteiger partial charge in [0, 0.05) is 32.7 Å². The van der Waals surface area contributed by atoms with E-state index in [1.54, 1.807) is 5.56 Å². The molecule has 0 amide bonds. The fraction of sp³-hybridized carbons (Fsp3) is 0.333. The van der Waals surface area contributed by atoms with E-state index in [9.17, 15) is 0 Å². The van der Waals surface area contributed by atoms with Crippen molar-refractivity contribution in [2.45, 2.75) is 26.3 Å². The molecule has 26 heavy (non-hydrogen) atoms. The first-order chi connectivity index (χ1) is 12.8. The van der Waals surface area contributed by atoms with Gasteiger partial charge in [-0.3, -0.25) is 4.90 Å². The van der Waals surface area contributed by atoms with Crippen molar-refractivity contribution in [3.05, 3.63) is 82.9 Å². The van der Waals surface area contributed by atoms with E-state index >= 15 is 0 Å². The lowest BCUT2D eigenvalue weighted by molar-refractivity contribution is 0.232. The van der Waals surface area contributed by atoms with Crippen molar-refractivity contribution in [2.24, 2.45) is 0 Å². The number of nitrogens with one attached hydrogen (secondary N) is 1. The second-order valence-electron chi connectivity index (χ2n) is 7.38. The second kappa shape index (κ2) is 8.03. The SMILES string of the molecule is Cc1cccc(CN2CCNCC2)c1CCc1cccc2ccccc12. The van der Waals surface area contributed by atoms with E-state index in [2.05, 4.69) is 77.8 Å². The van der Waals surface area contributed by atoms with Gasteiger partial charge in [0.25, 0.3) is 0 Å². The molecule has 0 bridgehead atoms. The molecule has 1 aliphatic rings. The van der Waals surface area contributed by atoms with Crippen molar-refractivity contribution in [3.63, 3.8) is 0 Å². The highest BCUT2D eigenvalue weighted by atomic mass is 15.2. The van der Waals surface area contributed by atoms with Gasteiger partial charge in [-0.2, -0.15) is 0 Å². The lowest BCUT2D eigenvalue weighted by Gasteiger charge is -2.28.